The minimum atomic E-state index is -0.198. The van der Waals surface area contributed by atoms with Crippen LogP contribution in [0.2, 0.25) is 0 Å². The molecule has 2 aromatic rings. The highest BCUT2D eigenvalue weighted by molar-refractivity contribution is 6.10. The summed E-state index contributed by atoms with van der Waals surface area (Å²) >= 11 is 0. The van der Waals surface area contributed by atoms with Crippen molar-refractivity contribution in [3.63, 3.8) is 0 Å². The quantitative estimate of drug-likeness (QED) is 0.807. The fourth-order valence-electron chi connectivity index (χ4n) is 3.26. The van der Waals surface area contributed by atoms with Crippen LogP contribution >= 0.6 is 0 Å². The molecule has 0 N–H and O–H groups in total. The second kappa shape index (κ2) is 4.52. The summed E-state index contributed by atoms with van der Waals surface area (Å²) in [6.45, 7) is 0.375. The van der Waals surface area contributed by atoms with Crippen molar-refractivity contribution in [3.8, 4) is 0 Å². The van der Waals surface area contributed by atoms with E-state index in [1.54, 1.807) is 6.20 Å². The Morgan fingerprint density at radius 2 is 1.52 bits per heavy atom. The Labute approximate surface area is 122 Å². The molecule has 1 aromatic carbocycles. The Kier molecular flexibility index (Phi) is 2.64. The highest BCUT2D eigenvalue weighted by atomic mass is 16.2. The average Bonchev–Trinajstić information content (AvgIpc) is 3.23. The van der Waals surface area contributed by atoms with Crippen LogP contribution in [-0.2, 0) is 16.1 Å². The lowest BCUT2D eigenvalue weighted by molar-refractivity contribution is -0.142. The Morgan fingerprint density at radius 1 is 0.857 bits per heavy atom. The number of imide groups is 1. The standard InChI is InChI=1S/C17H14N2O2/c20-16-14-13(12-8-4-5-9-18-12)15(14)17(21)19(16)10-11-6-2-1-3-7-11/h1-9,13-15H,10H2/t13-,14+,15?/m0/s1. The molecule has 1 saturated carbocycles. The lowest BCUT2D eigenvalue weighted by Gasteiger charge is -2.18. The molecule has 0 radical (unpaired) electrons. The number of nitrogens with zero attached hydrogens (tertiary/aromatic N) is 2. The summed E-state index contributed by atoms with van der Waals surface area (Å²) in [7, 11) is 0. The van der Waals surface area contributed by atoms with E-state index in [1.807, 2.05) is 48.5 Å². The third-order valence-corrected chi connectivity index (χ3v) is 4.33. The van der Waals surface area contributed by atoms with Crippen molar-refractivity contribution < 1.29 is 9.59 Å². The molecule has 21 heavy (non-hydrogen) atoms. The van der Waals surface area contributed by atoms with Crippen LogP contribution in [0.4, 0.5) is 0 Å². The summed E-state index contributed by atoms with van der Waals surface area (Å²) < 4.78 is 0. The molecule has 4 nitrogen and oxygen atoms in total. The number of carbonyl (C=O) groups is 2. The van der Waals surface area contributed by atoms with Crippen molar-refractivity contribution in [3.05, 3.63) is 66.0 Å². The van der Waals surface area contributed by atoms with Gasteiger partial charge in [-0.1, -0.05) is 36.4 Å². The van der Waals surface area contributed by atoms with Crippen molar-refractivity contribution in [2.24, 2.45) is 11.8 Å². The van der Waals surface area contributed by atoms with E-state index in [1.165, 1.54) is 4.90 Å². The SMILES string of the molecule is O=C1C2[C@@H](c3ccccn3)[C@H]2C(=O)N1Cc1ccccc1. The summed E-state index contributed by atoms with van der Waals surface area (Å²) in [5, 5.41) is 0. The van der Waals surface area contributed by atoms with Gasteiger partial charge >= 0.3 is 0 Å². The number of carbonyl (C=O) groups excluding carboxylic acids is 2. The van der Waals surface area contributed by atoms with Gasteiger partial charge in [0.1, 0.15) is 0 Å². The number of aromatic nitrogens is 1. The fourth-order valence-corrected chi connectivity index (χ4v) is 3.26. The molecular weight excluding hydrogens is 264 g/mol. The van der Waals surface area contributed by atoms with Crippen molar-refractivity contribution in [2.45, 2.75) is 12.5 Å². The molecule has 3 atom stereocenters. The maximum absolute atomic E-state index is 12.4. The molecule has 1 aromatic heterocycles. The normalized spacial score (nSPS) is 26.9. The predicted octanol–water partition coefficient (Wildman–Crippen LogP) is 1.98. The molecule has 104 valence electrons. The molecule has 1 unspecified atom stereocenters. The maximum Gasteiger partial charge on any atom is 0.234 e. The van der Waals surface area contributed by atoms with Crippen molar-refractivity contribution in [2.75, 3.05) is 0 Å². The van der Waals surface area contributed by atoms with Crippen LogP contribution in [-0.4, -0.2) is 21.7 Å². The number of benzene rings is 1. The van der Waals surface area contributed by atoms with Crippen LogP contribution in [0, 0.1) is 11.8 Å². The highest BCUT2D eigenvalue weighted by Gasteiger charge is 2.67. The molecule has 4 rings (SSSR count). The third-order valence-electron chi connectivity index (χ3n) is 4.33. The van der Waals surface area contributed by atoms with Crippen LogP contribution in [0.1, 0.15) is 17.2 Å². The average molecular weight is 278 g/mol. The van der Waals surface area contributed by atoms with Crippen LogP contribution in [0.25, 0.3) is 0 Å². The zero-order valence-corrected chi connectivity index (χ0v) is 11.3. The summed E-state index contributed by atoms with van der Waals surface area (Å²) in [5.74, 6) is -0.514. The Balaban J connectivity index is 1.54. The number of pyridine rings is 1. The van der Waals surface area contributed by atoms with E-state index in [4.69, 9.17) is 0 Å². The zero-order chi connectivity index (χ0) is 14.4. The first-order chi connectivity index (χ1) is 10.3. The van der Waals surface area contributed by atoms with Crippen LogP contribution in [0.3, 0.4) is 0 Å². The number of piperidine rings is 1. The van der Waals surface area contributed by atoms with Crippen LogP contribution in [0.15, 0.2) is 54.7 Å². The van der Waals surface area contributed by atoms with Gasteiger partial charge in [-0.25, -0.2) is 0 Å². The first-order valence-electron chi connectivity index (χ1n) is 7.07. The summed E-state index contributed by atoms with van der Waals surface area (Å²) in [6, 6.07) is 15.2. The molecular formula is C17H14N2O2. The van der Waals surface area contributed by atoms with Gasteiger partial charge in [-0.15, -0.1) is 0 Å². The Morgan fingerprint density at radius 3 is 2.14 bits per heavy atom. The van der Waals surface area contributed by atoms with Gasteiger partial charge in [-0.2, -0.15) is 0 Å². The first kappa shape index (κ1) is 12.3. The molecule has 2 heterocycles. The molecule has 0 bridgehead atoms. The van der Waals surface area contributed by atoms with Gasteiger partial charge in [0, 0.05) is 17.8 Å². The van der Waals surface area contributed by atoms with Crippen LogP contribution < -0.4 is 0 Å². The predicted molar refractivity (Wildman–Crippen MR) is 76.0 cm³/mol. The van der Waals surface area contributed by atoms with Crippen molar-refractivity contribution >= 4 is 11.8 Å². The molecule has 0 spiro atoms. The Hall–Kier alpha value is -2.49. The van der Waals surface area contributed by atoms with E-state index in [2.05, 4.69) is 4.98 Å². The third kappa shape index (κ3) is 1.87. The topological polar surface area (TPSA) is 50.3 Å². The number of hydrogen-bond donors (Lipinski definition) is 0. The Bertz CT molecular complexity index is 677. The van der Waals surface area contributed by atoms with E-state index in [0.717, 1.165) is 11.3 Å². The second-order valence-electron chi connectivity index (χ2n) is 5.58. The number of fused-ring (bicyclic) bond motifs is 1. The molecule has 2 amide bonds. The lowest BCUT2D eigenvalue weighted by atomic mass is 10.1. The first-order valence-corrected chi connectivity index (χ1v) is 7.07. The van der Waals surface area contributed by atoms with Crippen molar-refractivity contribution in [1.82, 2.24) is 9.88 Å². The largest absolute Gasteiger partial charge is 0.278 e. The highest BCUT2D eigenvalue weighted by Crippen LogP contribution is 2.59. The number of amides is 2. The monoisotopic (exact) mass is 278 g/mol. The number of likely N-dealkylation sites (tertiary alicyclic amines) is 1. The molecule has 4 heteroatoms. The van der Waals surface area contributed by atoms with Gasteiger partial charge in [-0.05, 0) is 17.7 Å². The zero-order valence-electron chi connectivity index (χ0n) is 11.3. The van der Waals surface area contributed by atoms with E-state index >= 15 is 0 Å². The summed E-state index contributed by atoms with van der Waals surface area (Å²) in [4.78, 5) is 30.5. The van der Waals surface area contributed by atoms with E-state index in [9.17, 15) is 9.59 Å². The van der Waals surface area contributed by atoms with Crippen molar-refractivity contribution in [1.29, 1.82) is 0 Å². The van der Waals surface area contributed by atoms with Gasteiger partial charge in [0.2, 0.25) is 11.8 Å². The second-order valence-corrected chi connectivity index (χ2v) is 5.58. The molecule has 1 saturated heterocycles. The van der Waals surface area contributed by atoms with Crippen LogP contribution in [0.5, 0.6) is 0 Å². The number of hydrogen-bond acceptors (Lipinski definition) is 3. The molecule has 2 aliphatic rings. The summed E-state index contributed by atoms with van der Waals surface area (Å²) in [6.07, 6.45) is 1.71. The maximum atomic E-state index is 12.4. The molecule has 1 aliphatic carbocycles. The van der Waals surface area contributed by atoms with E-state index < -0.39 is 0 Å². The fraction of sp³-hybridized carbons (Fsp3) is 0.235. The van der Waals surface area contributed by atoms with E-state index in [-0.39, 0.29) is 29.6 Å². The lowest BCUT2D eigenvalue weighted by Crippen LogP contribution is -2.33. The smallest absolute Gasteiger partial charge is 0.234 e. The van der Waals surface area contributed by atoms with Gasteiger partial charge in [0.15, 0.2) is 0 Å². The summed E-state index contributed by atoms with van der Waals surface area (Å²) in [5.41, 5.74) is 1.84. The van der Waals surface area contributed by atoms with Gasteiger partial charge < -0.3 is 0 Å². The molecule has 2 fully saturated rings. The number of rotatable bonds is 3. The van der Waals surface area contributed by atoms with Gasteiger partial charge in [0.25, 0.3) is 0 Å². The van der Waals surface area contributed by atoms with Gasteiger partial charge in [-0.3, -0.25) is 19.5 Å². The minimum absolute atomic E-state index is 0.0155. The molecule has 1 aliphatic heterocycles. The van der Waals surface area contributed by atoms with Gasteiger partial charge in [0.05, 0.1) is 18.4 Å². The van der Waals surface area contributed by atoms with E-state index in [0.29, 0.717) is 6.54 Å². The minimum Gasteiger partial charge on any atom is -0.278 e.